The second kappa shape index (κ2) is 8.37. The number of carbonyl (C=O) groups is 2. The Morgan fingerprint density at radius 2 is 1.55 bits per heavy atom. The van der Waals surface area contributed by atoms with Crippen LogP contribution in [0.2, 0.25) is 5.02 Å². The van der Waals surface area contributed by atoms with Crippen LogP contribution in [0, 0.1) is 0 Å². The molecule has 0 saturated heterocycles. The molecule has 5 nitrogen and oxygen atoms in total. The molecule has 4 rings (SSSR count). The summed E-state index contributed by atoms with van der Waals surface area (Å²) in [4.78, 5) is 25.7. The Morgan fingerprint density at radius 3 is 2.31 bits per heavy atom. The molecule has 29 heavy (non-hydrogen) atoms. The van der Waals surface area contributed by atoms with Crippen molar-refractivity contribution in [2.24, 2.45) is 0 Å². The van der Waals surface area contributed by atoms with Crippen LogP contribution in [0.5, 0.6) is 11.5 Å². The SMILES string of the molecule is O=C(OCc1ccc(Cl)cc1)c1ccccc1C(=O)c1ccc2c(c1)OCCO2. The van der Waals surface area contributed by atoms with Gasteiger partial charge in [0.2, 0.25) is 0 Å². The van der Waals surface area contributed by atoms with Gasteiger partial charge in [0.05, 0.1) is 5.56 Å². The first-order valence-electron chi connectivity index (χ1n) is 9.07. The number of rotatable bonds is 5. The molecular weight excluding hydrogens is 392 g/mol. The third-order valence-electron chi connectivity index (χ3n) is 4.48. The summed E-state index contributed by atoms with van der Waals surface area (Å²) in [5, 5.41) is 0.607. The third-order valence-corrected chi connectivity index (χ3v) is 4.73. The smallest absolute Gasteiger partial charge is 0.339 e. The highest BCUT2D eigenvalue weighted by Gasteiger charge is 2.21. The van der Waals surface area contributed by atoms with E-state index >= 15 is 0 Å². The Hall–Kier alpha value is -3.31. The second-order valence-corrected chi connectivity index (χ2v) is 6.87. The summed E-state index contributed by atoms with van der Waals surface area (Å²) < 4.78 is 16.4. The molecule has 3 aromatic rings. The minimum absolute atomic E-state index is 0.0859. The number of carbonyl (C=O) groups excluding carboxylic acids is 2. The summed E-state index contributed by atoms with van der Waals surface area (Å²) in [6, 6.07) is 18.6. The average molecular weight is 409 g/mol. The van der Waals surface area contributed by atoms with E-state index in [-0.39, 0.29) is 23.5 Å². The minimum atomic E-state index is -0.568. The number of fused-ring (bicyclic) bond motifs is 1. The molecular formula is C23H17ClO5. The third kappa shape index (κ3) is 4.25. The lowest BCUT2D eigenvalue weighted by Crippen LogP contribution is -2.16. The van der Waals surface area contributed by atoms with Gasteiger partial charge in [0.15, 0.2) is 17.3 Å². The first kappa shape index (κ1) is 19.0. The molecule has 146 valence electrons. The van der Waals surface area contributed by atoms with Gasteiger partial charge in [0.25, 0.3) is 0 Å². The van der Waals surface area contributed by atoms with Crippen LogP contribution in [-0.2, 0) is 11.3 Å². The fraction of sp³-hybridized carbons (Fsp3) is 0.130. The molecule has 0 atom stereocenters. The molecule has 0 spiro atoms. The van der Waals surface area contributed by atoms with Crippen LogP contribution in [0.15, 0.2) is 66.7 Å². The molecule has 0 amide bonds. The average Bonchev–Trinajstić information content (AvgIpc) is 2.77. The predicted octanol–water partition coefficient (Wildman–Crippen LogP) is 4.70. The van der Waals surface area contributed by atoms with Gasteiger partial charge in [-0.15, -0.1) is 0 Å². The fourth-order valence-electron chi connectivity index (χ4n) is 3.01. The van der Waals surface area contributed by atoms with Gasteiger partial charge in [-0.3, -0.25) is 4.79 Å². The number of hydrogen-bond acceptors (Lipinski definition) is 5. The fourth-order valence-corrected chi connectivity index (χ4v) is 3.13. The zero-order valence-electron chi connectivity index (χ0n) is 15.4. The molecule has 0 saturated carbocycles. The summed E-state index contributed by atoms with van der Waals surface area (Å²) in [7, 11) is 0. The Bertz CT molecular complexity index is 1060. The predicted molar refractivity (Wildman–Crippen MR) is 108 cm³/mol. The van der Waals surface area contributed by atoms with E-state index in [9.17, 15) is 9.59 Å². The lowest BCUT2D eigenvalue weighted by atomic mass is 9.98. The van der Waals surface area contributed by atoms with Crippen molar-refractivity contribution in [3.8, 4) is 11.5 Å². The monoisotopic (exact) mass is 408 g/mol. The van der Waals surface area contributed by atoms with Gasteiger partial charge < -0.3 is 14.2 Å². The van der Waals surface area contributed by atoms with Crippen molar-refractivity contribution in [2.45, 2.75) is 6.61 Å². The molecule has 6 heteroatoms. The molecule has 0 unspecified atom stereocenters. The van der Waals surface area contributed by atoms with Crippen LogP contribution >= 0.6 is 11.6 Å². The number of ketones is 1. The van der Waals surface area contributed by atoms with E-state index in [1.54, 1.807) is 66.7 Å². The van der Waals surface area contributed by atoms with Crippen LogP contribution in [0.3, 0.4) is 0 Å². The van der Waals surface area contributed by atoms with Gasteiger partial charge >= 0.3 is 5.97 Å². The summed E-state index contributed by atoms with van der Waals surface area (Å²) >= 11 is 5.87. The molecule has 1 aliphatic rings. The molecule has 1 heterocycles. The summed E-state index contributed by atoms with van der Waals surface area (Å²) in [6.07, 6.45) is 0. The molecule has 1 aliphatic heterocycles. The van der Waals surface area contributed by atoms with Crippen molar-refractivity contribution in [3.63, 3.8) is 0 Å². The Labute approximate surface area is 172 Å². The molecule has 0 radical (unpaired) electrons. The van der Waals surface area contributed by atoms with Crippen LogP contribution < -0.4 is 9.47 Å². The maximum Gasteiger partial charge on any atom is 0.339 e. The second-order valence-electron chi connectivity index (χ2n) is 6.44. The van der Waals surface area contributed by atoms with E-state index in [1.165, 1.54) is 0 Å². The van der Waals surface area contributed by atoms with Crippen molar-refractivity contribution in [2.75, 3.05) is 13.2 Å². The van der Waals surface area contributed by atoms with Gasteiger partial charge in [0.1, 0.15) is 19.8 Å². The van der Waals surface area contributed by atoms with E-state index < -0.39 is 5.97 Å². The maximum atomic E-state index is 13.1. The molecule has 3 aromatic carbocycles. The van der Waals surface area contributed by atoms with Gasteiger partial charge in [-0.2, -0.15) is 0 Å². The molecule has 0 aliphatic carbocycles. The molecule has 0 N–H and O–H groups in total. The normalized spacial score (nSPS) is 12.3. The standard InChI is InChI=1S/C23H17ClO5/c24-17-8-5-15(6-9-17)14-29-23(26)19-4-2-1-3-18(19)22(25)16-7-10-20-21(13-16)28-12-11-27-20/h1-10,13H,11-12,14H2. The Balaban J connectivity index is 1.55. The maximum absolute atomic E-state index is 13.1. The molecule has 0 fully saturated rings. The van der Waals surface area contributed by atoms with Crippen molar-refractivity contribution in [1.82, 2.24) is 0 Å². The van der Waals surface area contributed by atoms with E-state index in [0.29, 0.717) is 35.3 Å². The van der Waals surface area contributed by atoms with Gasteiger partial charge in [-0.05, 0) is 42.0 Å². The lowest BCUT2D eigenvalue weighted by Gasteiger charge is -2.18. The van der Waals surface area contributed by atoms with E-state index in [1.807, 2.05) is 0 Å². The number of hydrogen-bond donors (Lipinski definition) is 0. The van der Waals surface area contributed by atoms with Crippen molar-refractivity contribution in [3.05, 3.63) is 94.0 Å². The van der Waals surface area contributed by atoms with Crippen LogP contribution in [-0.4, -0.2) is 25.0 Å². The zero-order valence-corrected chi connectivity index (χ0v) is 16.1. The number of benzene rings is 3. The number of esters is 1. The van der Waals surface area contributed by atoms with E-state index in [2.05, 4.69) is 0 Å². The topological polar surface area (TPSA) is 61.8 Å². The van der Waals surface area contributed by atoms with E-state index in [4.69, 9.17) is 25.8 Å². The highest BCUT2D eigenvalue weighted by molar-refractivity contribution is 6.30. The molecule has 0 bridgehead atoms. The highest BCUT2D eigenvalue weighted by atomic mass is 35.5. The highest BCUT2D eigenvalue weighted by Crippen LogP contribution is 2.31. The minimum Gasteiger partial charge on any atom is -0.486 e. The largest absolute Gasteiger partial charge is 0.486 e. The first-order chi connectivity index (χ1) is 14.1. The van der Waals surface area contributed by atoms with E-state index in [0.717, 1.165) is 5.56 Å². The van der Waals surface area contributed by atoms with Crippen molar-refractivity contribution in [1.29, 1.82) is 0 Å². The number of halogens is 1. The van der Waals surface area contributed by atoms with Crippen LogP contribution in [0.25, 0.3) is 0 Å². The van der Waals surface area contributed by atoms with Gasteiger partial charge in [0, 0.05) is 16.1 Å². The lowest BCUT2D eigenvalue weighted by molar-refractivity contribution is 0.0470. The first-order valence-corrected chi connectivity index (χ1v) is 9.44. The summed E-state index contributed by atoms with van der Waals surface area (Å²) in [5.41, 5.74) is 1.69. The van der Waals surface area contributed by atoms with Crippen LogP contribution in [0.4, 0.5) is 0 Å². The van der Waals surface area contributed by atoms with Crippen molar-refractivity contribution >= 4 is 23.4 Å². The van der Waals surface area contributed by atoms with Crippen molar-refractivity contribution < 1.29 is 23.8 Å². The molecule has 0 aromatic heterocycles. The summed E-state index contributed by atoms with van der Waals surface area (Å²) in [5.74, 6) is 0.260. The summed E-state index contributed by atoms with van der Waals surface area (Å²) in [6.45, 7) is 0.989. The quantitative estimate of drug-likeness (QED) is 0.452. The Kier molecular flexibility index (Phi) is 5.49. The Morgan fingerprint density at radius 1 is 0.862 bits per heavy atom. The van der Waals surface area contributed by atoms with Gasteiger partial charge in [-0.25, -0.2) is 4.79 Å². The number of ether oxygens (including phenoxy) is 3. The van der Waals surface area contributed by atoms with Crippen LogP contribution in [0.1, 0.15) is 31.8 Å². The zero-order chi connectivity index (χ0) is 20.2. The van der Waals surface area contributed by atoms with Gasteiger partial charge in [-0.1, -0.05) is 41.9 Å².